The molecule has 0 aliphatic heterocycles. The molecule has 0 atom stereocenters. The quantitative estimate of drug-likeness (QED) is 0.0589. The van der Waals surface area contributed by atoms with E-state index in [2.05, 4.69) is 4.18 Å². The molecule has 11 nitrogen and oxygen atoms in total. The summed E-state index contributed by atoms with van der Waals surface area (Å²) in [6.07, 6.45) is 0.595. The molecule has 242 valence electrons. The topological polar surface area (TPSA) is 158 Å². The molecule has 5 aromatic rings. The zero-order valence-corrected chi connectivity index (χ0v) is 25.8. The van der Waals surface area contributed by atoms with Gasteiger partial charge in [0.25, 0.3) is 10.4 Å². The normalized spacial score (nSPS) is 11.2. The van der Waals surface area contributed by atoms with Gasteiger partial charge in [-0.3, -0.25) is 14.4 Å². The van der Waals surface area contributed by atoms with Gasteiger partial charge in [0.05, 0.1) is 5.39 Å². The molecule has 0 fully saturated rings. The highest BCUT2D eigenvalue weighted by Gasteiger charge is 2.22. The number of benzene rings is 4. The van der Waals surface area contributed by atoms with Crippen LogP contribution >= 0.6 is 0 Å². The van der Waals surface area contributed by atoms with Crippen molar-refractivity contribution in [2.24, 2.45) is 0 Å². The Bertz CT molecular complexity index is 2020. The zero-order valence-electron chi connectivity index (χ0n) is 25.0. The number of para-hydroxylation sites is 1. The third kappa shape index (κ3) is 9.28. The van der Waals surface area contributed by atoms with E-state index in [0.717, 1.165) is 17.2 Å². The van der Waals surface area contributed by atoms with Crippen molar-refractivity contribution in [1.82, 2.24) is 0 Å². The van der Waals surface area contributed by atoms with Gasteiger partial charge in [-0.25, -0.2) is 8.42 Å². The summed E-state index contributed by atoms with van der Waals surface area (Å²) >= 11 is 0. The maximum atomic E-state index is 13.5. The molecule has 0 spiro atoms. The molecule has 4 aromatic carbocycles. The van der Waals surface area contributed by atoms with Crippen LogP contribution in [0.4, 0.5) is 0 Å². The molecule has 0 aliphatic carbocycles. The number of carbonyl (C=O) groups is 2. The number of hydrogen-bond donors (Lipinski definition) is 0. The van der Waals surface area contributed by atoms with Crippen molar-refractivity contribution in [3.63, 3.8) is 0 Å². The minimum Gasteiger partial charge on any atom is -0.716 e. The van der Waals surface area contributed by atoms with E-state index < -0.39 is 39.3 Å². The fraction of sp³-hybridized carbons (Fsp3) is 0.171. The van der Waals surface area contributed by atoms with Crippen molar-refractivity contribution in [2.75, 3.05) is 0 Å². The highest BCUT2D eigenvalue weighted by molar-refractivity contribution is 7.81. The average molecular weight is 658 g/mol. The molecule has 1 heterocycles. The monoisotopic (exact) mass is 657 g/mol. The lowest BCUT2D eigenvalue weighted by atomic mass is 10.1. The Balaban J connectivity index is 1.34. The molecule has 0 unspecified atom stereocenters. The van der Waals surface area contributed by atoms with Gasteiger partial charge in [0, 0.05) is 18.4 Å². The van der Waals surface area contributed by atoms with E-state index in [1.807, 2.05) is 36.4 Å². The highest BCUT2D eigenvalue weighted by Crippen LogP contribution is 2.38. The summed E-state index contributed by atoms with van der Waals surface area (Å²) in [4.78, 5) is 38.5. The summed E-state index contributed by atoms with van der Waals surface area (Å²) in [7, 11) is -5.23. The minimum atomic E-state index is -5.23. The van der Waals surface area contributed by atoms with Gasteiger partial charge < -0.3 is 27.4 Å². The summed E-state index contributed by atoms with van der Waals surface area (Å²) < 4.78 is 61.9. The minimum absolute atomic E-state index is 0.0358. The molecule has 0 bridgehead atoms. The van der Waals surface area contributed by atoms with Crippen LogP contribution in [-0.4, -0.2) is 24.9 Å². The summed E-state index contributed by atoms with van der Waals surface area (Å²) in [5.74, 6) is -2.33. The molecule has 12 heteroatoms. The SMILES string of the molecule is O=C(CCCCC(=O)Oc1c(-c2ccc(OCc3ccccc3)c(OS(=O)(=O)[O-])c2)oc2ccccc2c1=O)OCc1ccccc1. The Hall–Kier alpha value is -5.46. The third-order valence-corrected chi connectivity index (χ3v) is 7.25. The predicted molar refractivity (Wildman–Crippen MR) is 169 cm³/mol. The number of hydrogen-bond acceptors (Lipinski definition) is 11. The molecular weight excluding hydrogens is 628 g/mol. The summed E-state index contributed by atoms with van der Waals surface area (Å²) in [6.45, 7) is 0.185. The van der Waals surface area contributed by atoms with Crippen LogP contribution in [0.3, 0.4) is 0 Å². The Morgan fingerprint density at radius 1 is 0.723 bits per heavy atom. The van der Waals surface area contributed by atoms with Crippen molar-refractivity contribution >= 4 is 33.3 Å². The van der Waals surface area contributed by atoms with Crippen LogP contribution in [0.2, 0.25) is 0 Å². The van der Waals surface area contributed by atoms with E-state index in [1.165, 1.54) is 18.2 Å². The molecular formula is C35H29O11S-. The molecule has 0 N–H and O–H groups in total. The van der Waals surface area contributed by atoms with E-state index in [-0.39, 0.29) is 60.5 Å². The molecule has 5 rings (SSSR count). The first-order chi connectivity index (χ1) is 22.7. The van der Waals surface area contributed by atoms with Gasteiger partial charge in [-0.1, -0.05) is 72.8 Å². The second-order valence-electron chi connectivity index (χ2n) is 10.3. The molecule has 0 saturated heterocycles. The lowest BCUT2D eigenvalue weighted by Gasteiger charge is -2.16. The van der Waals surface area contributed by atoms with Crippen molar-refractivity contribution < 1.29 is 45.4 Å². The first kappa shape index (κ1) is 32.9. The Morgan fingerprint density at radius 3 is 2.02 bits per heavy atom. The lowest BCUT2D eigenvalue weighted by molar-refractivity contribution is -0.145. The smallest absolute Gasteiger partial charge is 0.311 e. The second-order valence-corrected chi connectivity index (χ2v) is 11.3. The summed E-state index contributed by atoms with van der Waals surface area (Å²) in [5.41, 5.74) is 1.22. The van der Waals surface area contributed by atoms with Crippen molar-refractivity contribution in [1.29, 1.82) is 0 Å². The van der Waals surface area contributed by atoms with Crippen LogP contribution in [0.25, 0.3) is 22.3 Å². The van der Waals surface area contributed by atoms with E-state index in [4.69, 9.17) is 18.6 Å². The van der Waals surface area contributed by atoms with E-state index in [9.17, 15) is 27.4 Å². The van der Waals surface area contributed by atoms with Crippen LogP contribution in [0, 0.1) is 0 Å². The predicted octanol–water partition coefficient (Wildman–Crippen LogP) is 6.09. The van der Waals surface area contributed by atoms with Crippen molar-refractivity contribution in [3.8, 4) is 28.6 Å². The maximum absolute atomic E-state index is 13.5. The van der Waals surface area contributed by atoms with E-state index >= 15 is 0 Å². The third-order valence-electron chi connectivity index (χ3n) is 6.86. The molecule has 0 aliphatic rings. The van der Waals surface area contributed by atoms with Gasteiger partial charge in [0.1, 0.15) is 18.8 Å². The van der Waals surface area contributed by atoms with E-state index in [1.54, 1.807) is 42.5 Å². The van der Waals surface area contributed by atoms with Gasteiger partial charge in [-0.05, 0) is 54.3 Å². The number of ether oxygens (including phenoxy) is 3. The summed E-state index contributed by atoms with van der Waals surface area (Å²) in [6, 6.07) is 28.5. The van der Waals surface area contributed by atoms with Crippen LogP contribution in [0.1, 0.15) is 36.8 Å². The molecule has 1 aromatic heterocycles. The summed E-state index contributed by atoms with van der Waals surface area (Å²) in [5, 5.41) is 0.140. The largest absolute Gasteiger partial charge is 0.716 e. The number of rotatable bonds is 14. The zero-order chi connectivity index (χ0) is 33.2. The molecule has 0 amide bonds. The average Bonchev–Trinajstić information content (AvgIpc) is 3.06. The number of unbranched alkanes of at least 4 members (excludes halogenated alkanes) is 1. The fourth-order valence-electron chi connectivity index (χ4n) is 4.60. The maximum Gasteiger partial charge on any atom is 0.311 e. The number of fused-ring (bicyclic) bond motifs is 1. The van der Waals surface area contributed by atoms with Gasteiger partial charge in [-0.15, -0.1) is 0 Å². The van der Waals surface area contributed by atoms with Crippen LogP contribution in [-0.2, 0) is 37.9 Å². The fourth-order valence-corrected chi connectivity index (χ4v) is 4.95. The first-order valence-electron chi connectivity index (χ1n) is 14.6. The van der Waals surface area contributed by atoms with Gasteiger partial charge >= 0.3 is 11.9 Å². The van der Waals surface area contributed by atoms with Crippen LogP contribution in [0.5, 0.6) is 17.2 Å². The van der Waals surface area contributed by atoms with Gasteiger partial charge in [-0.2, -0.15) is 0 Å². The van der Waals surface area contributed by atoms with Crippen molar-refractivity contribution in [3.05, 3.63) is 124 Å². The first-order valence-corrected chi connectivity index (χ1v) is 15.9. The molecule has 0 radical (unpaired) electrons. The van der Waals surface area contributed by atoms with Crippen LogP contribution in [0.15, 0.2) is 112 Å². The molecule has 47 heavy (non-hydrogen) atoms. The standard InChI is InChI=1S/C35H30O11S/c36-31(43-23-25-13-5-2-6-14-25)17-9-10-18-32(37)45-35-33(38)27-15-7-8-16-28(27)44-34(35)26-19-20-29(30(21-26)46-47(39,40)41)42-22-24-11-3-1-4-12-24/h1-8,11-16,19-21H,9-10,17-18,22-23H2,(H,39,40,41)/p-1. The van der Waals surface area contributed by atoms with Crippen LogP contribution < -0.4 is 19.1 Å². The van der Waals surface area contributed by atoms with Crippen molar-refractivity contribution in [2.45, 2.75) is 38.9 Å². The van der Waals surface area contributed by atoms with Gasteiger partial charge in [0.15, 0.2) is 17.3 Å². The lowest BCUT2D eigenvalue weighted by Crippen LogP contribution is -2.16. The van der Waals surface area contributed by atoms with Gasteiger partial charge in [0.2, 0.25) is 11.2 Å². The number of carbonyl (C=O) groups excluding carboxylic acids is 2. The molecule has 0 saturated carbocycles. The Labute approximate surface area is 270 Å². The Morgan fingerprint density at radius 2 is 1.34 bits per heavy atom. The highest BCUT2D eigenvalue weighted by atomic mass is 32.3. The second kappa shape index (κ2) is 15.2. The van der Waals surface area contributed by atoms with E-state index in [0.29, 0.717) is 6.42 Å². The Kier molecular flexibility index (Phi) is 10.7. The number of esters is 2.